The fourth-order valence-corrected chi connectivity index (χ4v) is 2.35. The molecule has 0 heterocycles. The highest BCUT2D eigenvalue weighted by molar-refractivity contribution is 7.90. The highest BCUT2D eigenvalue weighted by Gasteiger charge is 2.22. The first-order chi connectivity index (χ1) is 8.65. The minimum absolute atomic E-state index is 0.235. The fourth-order valence-electron chi connectivity index (χ4n) is 1.21. The number of nitrogens with one attached hydrogen (secondary N) is 1. The van der Waals surface area contributed by atoms with E-state index in [2.05, 4.69) is 4.72 Å². The number of non-ortho nitro benzene ring substituents is 1. The molecule has 0 bridgehead atoms. The Labute approximate surface area is 111 Å². The zero-order valence-corrected chi connectivity index (χ0v) is 11.5. The summed E-state index contributed by atoms with van der Waals surface area (Å²) in [6, 6.07) is 2.81. The van der Waals surface area contributed by atoms with Crippen molar-refractivity contribution in [3.05, 3.63) is 28.3 Å². The number of aromatic hydroxyl groups is 1. The topological polar surface area (TPSA) is 113 Å². The van der Waals surface area contributed by atoms with E-state index in [-0.39, 0.29) is 23.2 Å². The van der Waals surface area contributed by atoms with Gasteiger partial charge in [0.05, 0.1) is 10.6 Å². The van der Waals surface area contributed by atoms with Gasteiger partial charge in [-0.05, 0) is 19.9 Å². The van der Waals surface area contributed by atoms with Crippen molar-refractivity contribution in [1.29, 1.82) is 0 Å². The summed E-state index contributed by atoms with van der Waals surface area (Å²) in [6.45, 7) is 3.35. The van der Waals surface area contributed by atoms with Crippen molar-refractivity contribution in [1.82, 2.24) is 4.31 Å². The van der Waals surface area contributed by atoms with E-state index in [9.17, 15) is 23.6 Å². The van der Waals surface area contributed by atoms with Gasteiger partial charge in [-0.25, -0.2) is 0 Å². The fraction of sp³-hybridized carbons (Fsp3) is 0.400. The predicted octanol–water partition coefficient (Wildman–Crippen LogP) is 1.30. The van der Waals surface area contributed by atoms with Gasteiger partial charge in [-0.3, -0.25) is 14.8 Å². The monoisotopic (exact) mass is 289 g/mol. The van der Waals surface area contributed by atoms with Gasteiger partial charge >= 0.3 is 10.2 Å². The summed E-state index contributed by atoms with van der Waals surface area (Å²) in [5, 5.41) is 20.1. The van der Waals surface area contributed by atoms with E-state index in [1.165, 1.54) is 7.05 Å². The van der Waals surface area contributed by atoms with Gasteiger partial charge < -0.3 is 5.11 Å². The molecular weight excluding hydrogens is 274 g/mol. The summed E-state index contributed by atoms with van der Waals surface area (Å²) in [6.07, 6.45) is 0. The normalized spacial score (nSPS) is 11.8. The number of rotatable bonds is 5. The Morgan fingerprint density at radius 3 is 2.47 bits per heavy atom. The molecule has 0 amide bonds. The third kappa shape index (κ3) is 3.55. The van der Waals surface area contributed by atoms with Crippen LogP contribution in [0.1, 0.15) is 13.8 Å². The van der Waals surface area contributed by atoms with Crippen molar-refractivity contribution < 1.29 is 18.4 Å². The molecule has 0 aromatic heterocycles. The van der Waals surface area contributed by atoms with E-state index < -0.39 is 15.1 Å². The second-order valence-electron chi connectivity index (χ2n) is 4.18. The summed E-state index contributed by atoms with van der Waals surface area (Å²) in [4.78, 5) is 9.93. The van der Waals surface area contributed by atoms with Crippen LogP contribution in [0.2, 0.25) is 0 Å². The number of nitro groups is 1. The maximum Gasteiger partial charge on any atom is 0.301 e. The van der Waals surface area contributed by atoms with E-state index in [0.717, 1.165) is 22.5 Å². The molecule has 19 heavy (non-hydrogen) atoms. The molecule has 2 N–H and O–H groups in total. The number of nitrogens with zero attached hydrogens (tertiary/aromatic N) is 2. The number of phenolic OH excluding ortho intramolecular Hbond substituents is 1. The number of hydrogen-bond acceptors (Lipinski definition) is 5. The Morgan fingerprint density at radius 1 is 1.42 bits per heavy atom. The highest BCUT2D eigenvalue weighted by atomic mass is 32.2. The quantitative estimate of drug-likeness (QED) is 0.482. The number of hydrogen-bond donors (Lipinski definition) is 2. The third-order valence-corrected chi connectivity index (χ3v) is 4.19. The van der Waals surface area contributed by atoms with Crippen molar-refractivity contribution in [2.45, 2.75) is 19.9 Å². The van der Waals surface area contributed by atoms with Crippen LogP contribution in [0.15, 0.2) is 18.2 Å². The molecule has 1 rings (SSSR count). The van der Waals surface area contributed by atoms with Crippen molar-refractivity contribution >= 4 is 21.6 Å². The Morgan fingerprint density at radius 2 is 2.00 bits per heavy atom. The molecule has 0 fully saturated rings. The van der Waals surface area contributed by atoms with E-state index in [1.807, 2.05) is 0 Å². The van der Waals surface area contributed by atoms with Gasteiger partial charge in [0.1, 0.15) is 5.75 Å². The van der Waals surface area contributed by atoms with E-state index in [4.69, 9.17) is 0 Å². The van der Waals surface area contributed by atoms with Gasteiger partial charge in [0.25, 0.3) is 5.69 Å². The first-order valence-electron chi connectivity index (χ1n) is 5.38. The molecule has 1 aromatic rings. The number of anilines is 1. The molecule has 0 spiro atoms. The summed E-state index contributed by atoms with van der Waals surface area (Å²) in [7, 11) is -2.51. The Hall–Kier alpha value is -1.87. The van der Waals surface area contributed by atoms with Gasteiger partial charge in [0, 0.05) is 25.2 Å². The minimum Gasteiger partial charge on any atom is -0.506 e. The van der Waals surface area contributed by atoms with Gasteiger partial charge in [0.2, 0.25) is 0 Å². The standard InChI is InChI=1S/C10H15N3O5S/c1-7(2)12(3)19(17,18)11-9-6-8(13(15)16)4-5-10(9)14/h4-7,11,14H,1-3H3. The summed E-state index contributed by atoms with van der Waals surface area (Å²) in [5.41, 5.74) is -0.551. The first kappa shape index (κ1) is 15.2. The molecule has 0 radical (unpaired) electrons. The van der Waals surface area contributed by atoms with Crippen LogP contribution in [0.4, 0.5) is 11.4 Å². The number of phenols is 1. The molecule has 8 nitrogen and oxygen atoms in total. The predicted molar refractivity (Wildman–Crippen MR) is 70.2 cm³/mol. The second-order valence-corrected chi connectivity index (χ2v) is 5.91. The SMILES string of the molecule is CC(C)N(C)S(=O)(=O)Nc1cc([N+](=O)[O-])ccc1O. The molecular formula is C10H15N3O5S. The van der Waals surface area contributed by atoms with Crippen LogP contribution in [0.5, 0.6) is 5.75 Å². The lowest BCUT2D eigenvalue weighted by Crippen LogP contribution is -2.37. The Bertz CT molecular complexity index is 585. The van der Waals surface area contributed by atoms with E-state index >= 15 is 0 Å². The summed E-state index contributed by atoms with van der Waals surface area (Å²) < 4.78 is 27.0. The number of nitro benzene ring substituents is 1. The average molecular weight is 289 g/mol. The highest BCUT2D eigenvalue weighted by Crippen LogP contribution is 2.29. The maximum absolute atomic E-state index is 11.9. The first-order valence-corrected chi connectivity index (χ1v) is 6.82. The van der Waals surface area contributed by atoms with Gasteiger partial charge in [-0.1, -0.05) is 0 Å². The van der Waals surface area contributed by atoms with Crippen LogP contribution in [0, 0.1) is 10.1 Å². The smallest absolute Gasteiger partial charge is 0.301 e. The molecule has 0 saturated carbocycles. The van der Waals surface area contributed by atoms with E-state index in [1.54, 1.807) is 13.8 Å². The molecule has 0 unspecified atom stereocenters. The molecule has 0 aliphatic heterocycles. The van der Waals surface area contributed by atoms with Crippen LogP contribution in [0.3, 0.4) is 0 Å². The van der Waals surface area contributed by atoms with Crippen molar-refractivity contribution in [2.75, 3.05) is 11.8 Å². The molecule has 0 aliphatic carbocycles. The van der Waals surface area contributed by atoms with Crippen LogP contribution in [-0.2, 0) is 10.2 Å². The van der Waals surface area contributed by atoms with Crippen LogP contribution in [0.25, 0.3) is 0 Å². The second kappa shape index (κ2) is 5.41. The van der Waals surface area contributed by atoms with Crippen LogP contribution < -0.4 is 4.72 Å². The van der Waals surface area contributed by atoms with Crippen molar-refractivity contribution in [2.24, 2.45) is 0 Å². The molecule has 9 heteroatoms. The van der Waals surface area contributed by atoms with Crippen molar-refractivity contribution in [3.63, 3.8) is 0 Å². The molecule has 0 aliphatic rings. The zero-order valence-electron chi connectivity index (χ0n) is 10.7. The lowest BCUT2D eigenvalue weighted by atomic mass is 10.2. The van der Waals surface area contributed by atoms with Crippen LogP contribution >= 0.6 is 0 Å². The Balaban J connectivity index is 3.12. The van der Waals surface area contributed by atoms with E-state index in [0.29, 0.717) is 0 Å². The minimum atomic E-state index is -3.88. The Kier molecular flexibility index (Phi) is 4.32. The summed E-state index contributed by atoms with van der Waals surface area (Å²) in [5.74, 6) is -0.383. The lowest BCUT2D eigenvalue weighted by Gasteiger charge is -2.21. The largest absolute Gasteiger partial charge is 0.506 e. The molecule has 1 aromatic carbocycles. The lowest BCUT2D eigenvalue weighted by molar-refractivity contribution is -0.384. The zero-order chi connectivity index (χ0) is 14.8. The van der Waals surface area contributed by atoms with Gasteiger partial charge in [0.15, 0.2) is 0 Å². The van der Waals surface area contributed by atoms with Crippen molar-refractivity contribution in [3.8, 4) is 5.75 Å². The van der Waals surface area contributed by atoms with Crippen LogP contribution in [-0.4, -0.2) is 35.8 Å². The maximum atomic E-state index is 11.9. The van der Waals surface area contributed by atoms with Gasteiger partial charge in [-0.2, -0.15) is 12.7 Å². The molecule has 0 atom stereocenters. The van der Waals surface area contributed by atoms with Gasteiger partial charge in [-0.15, -0.1) is 0 Å². The average Bonchev–Trinajstić information content (AvgIpc) is 2.30. The summed E-state index contributed by atoms with van der Waals surface area (Å²) >= 11 is 0. The third-order valence-electron chi connectivity index (χ3n) is 2.54. The number of benzene rings is 1. The molecule has 0 saturated heterocycles. The molecule has 106 valence electrons.